The topological polar surface area (TPSA) is 17.1 Å². The summed E-state index contributed by atoms with van der Waals surface area (Å²) in [5.74, 6) is -2.22. The standard InChI is InChI=1S/C9H5F4IO/c1-4(15)7-6(14)3-2-5(8(7)10)9(11,12)13/h2-3H,1H3. The Morgan fingerprint density at radius 1 is 1.33 bits per heavy atom. The summed E-state index contributed by atoms with van der Waals surface area (Å²) < 4.78 is 50.3. The Morgan fingerprint density at radius 3 is 2.27 bits per heavy atom. The summed E-state index contributed by atoms with van der Waals surface area (Å²) in [4.78, 5) is 11.0. The molecule has 0 N–H and O–H groups in total. The first-order valence-electron chi connectivity index (χ1n) is 3.81. The first-order chi connectivity index (χ1) is 6.75. The van der Waals surface area contributed by atoms with Crippen molar-refractivity contribution in [1.29, 1.82) is 0 Å². The zero-order chi connectivity index (χ0) is 11.8. The Labute approximate surface area is 96.6 Å². The molecule has 1 aromatic carbocycles. The van der Waals surface area contributed by atoms with Crippen molar-refractivity contribution in [3.8, 4) is 0 Å². The number of hydrogen-bond acceptors (Lipinski definition) is 1. The van der Waals surface area contributed by atoms with E-state index in [0.29, 0.717) is 6.07 Å². The molecule has 0 aromatic heterocycles. The summed E-state index contributed by atoms with van der Waals surface area (Å²) in [7, 11) is 0. The molecular formula is C9H5F4IO. The number of benzene rings is 1. The third-order valence-electron chi connectivity index (χ3n) is 1.75. The monoisotopic (exact) mass is 332 g/mol. The van der Waals surface area contributed by atoms with Crippen molar-refractivity contribution in [3.05, 3.63) is 32.6 Å². The highest BCUT2D eigenvalue weighted by Gasteiger charge is 2.36. The minimum absolute atomic E-state index is 0.172. The van der Waals surface area contributed by atoms with E-state index in [4.69, 9.17) is 0 Å². The van der Waals surface area contributed by atoms with Gasteiger partial charge >= 0.3 is 6.18 Å². The largest absolute Gasteiger partial charge is 0.419 e. The van der Waals surface area contributed by atoms with Crippen LogP contribution in [0.3, 0.4) is 0 Å². The fourth-order valence-corrected chi connectivity index (χ4v) is 1.89. The zero-order valence-electron chi connectivity index (χ0n) is 7.45. The van der Waals surface area contributed by atoms with Crippen LogP contribution in [0.15, 0.2) is 12.1 Å². The summed E-state index contributed by atoms with van der Waals surface area (Å²) in [6.07, 6.45) is -4.78. The van der Waals surface area contributed by atoms with E-state index in [1.54, 1.807) is 22.6 Å². The van der Waals surface area contributed by atoms with E-state index in [1.165, 1.54) is 0 Å². The second kappa shape index (κ2) is 4.07. The molecule has 0 atom stereocenters. The van der Waals surface area contributed by atoms with E-state index < -0.39 is 28.9 Å². The zero-order valence-corrected chi connectivity index (χ0v) is 9.61. The SMILES string of the molecule is CC(=O)c1c(I)ccc(C(F)(F)F)c1F. The summed E-state index contributed by atoms with van der Waals surface area (Å²) >= 11 is 1.62. The minimum Gasteiger partial charge on any atom is -0.294 e. The maximum Gasteiger partial charge on any atom is 0.419 e. The highest BCUT2D eigenvalue weighted by atomic mass is 127. The number of carbonyl (C=O) groups is 1. The molecule has 0 radical (unpaired) electrons. The van der Waals surface area contributed by atoms with Crippen LogP contribution >= 0.6 is 22.6 Å². The van der Waals surface area contributed by atoms with Crippen LogP contribution in [-0.2, 0) is 6.18 Å². The molecule has 1 nitrogen and oxygen atoms in total. The van der Waals surface area contributed by atoms with Crippen molar-refractivity contribution in [2.75, 3.05) is 0 Å². The van der Waals surface area contributed by atoms with Gasteiger partial charge in [0.1, 0.15) is 5.82 Å². The van der Waals surface area contributed by atoms with E-state index in [2.05, 4.69) is 0 Å². The van der Waals surface area contributed by atoms with Gasteiger partial charge in [0.25, 0.3) is 0 Å². The van der Waals surface area contributed by atoms with Gasteiger partial charge in [-0.05, 0) is 41.6 Å². The van der Waals surface area contributed by atoms with Crippen LogP contribution in [0.4, 0.5) is 17.6 Å². The Morgan fingerprint density at radius 2 is 1.87 bits per heavy atom. The summed E-state index contributed by atoms with van der Waals surface area (Å²) in [6, 6.07) is 1.70. The van der Waals surface area contributed by atoms with Gasteiger partial charge in [0.2, 0.25) is 0 Å². The van der Waals surface area contributed by atoms with Crippen LogP contribution in [0, 0.1) is 9.39 Å². The smallest absolute Gasteiger partial charge is 0.294 e. The van der Waals surface area contributed by atoms with Gasteiger partial charge in [0.15, 0.2) is 5.78 Å². The van der Waals surface area contributed by atoms with E-state index in [1.807, 2.05) is 0 Å². The Bertz CT molecular complexity index is 411. The van der Waals surface area contributed by atoms with Gasteiger partial charge in [-0.3, -0.25) is 4.79 Å². The maximum atomic E-state index is 13.3. The average molecular weight is 332 g/mol. The van der Waals surface area contributed by atoms with Crippen molar-refractivity contribution in [2.45, 2.75) is 13.1 Å². The van der Waals surface area contributed by atoms with Gasteiger partial charge in [0, 0.05) is 3.57 Å². The average Bonchev–Trinajstić information content (AvgIpc) is 2.00. The Balaban J connectivity index is 3.49. The number of Topliss-reactive ketones (excluding diaryl/α,β-unsaturated/α-hetero) is 1. The maximum absolute atomic E-state index is 13.3. The number of halogens is 5. The molecule has 0 aliphatic heterocycles. The number of carbonyl (C=O) groups excluding carboxylic acids is 1. The van der Waals surface area contributed by atoms with Crippen LogP contribution in [0.2, 0.25) is 0 Å². The van der Waals surface area contributed by atoms with Gasteiger partial charge in [-0.15, -0.1) is 0 Å². The highest BCUT2D eigenvalue weighted by Crippen LogP contribution is 2.33. The predicted molar refractivity (Wildman–Crippen MR) is 54.1 cm³/mol. The van der Waals surface area contributed by atoms with Crippen molar-refractivity contribution in [2.24, 2.45) is 0 Å². The molecule has 1 rings (SSSR count). The summed E-state index contributed by atoms with van der Waals surface area (Å²) in [5.41, 5.74) is -1.92. The van der Waals surface area contributed by atoms with Crippen LogP contribution in [-0.4, -0.2) is 5.78 Å². The molecule has 0 saturated heterocycles. The Hall–Kier alpha value is -0.660. The van der Waals surface area contributed by atoms with Crippen LogP contribution in [0.1, 0.15) is 22.8 Å². The number of ketones is 1. The first-order valence-corrected chi connectivity index (χ1v) is 4.89. The molecule has 0 fully saturated rings. The number of alkyl halides is 3. The van der Waals surface area contributed by atoms with Gasteiger partial charge in [0.05, 0.1) is 11.1 Å². The van der Waals surface area contributed by atoms with Crippen LogP contribution in [0.25, 0.3) is 0 Å². The lowest BCUT2D eigenvalue weighted by Gasteiger charge is -2.10. The molecule has 0 aliphatic carbocycles. The normalized spacial score (nSPS) is 11.6. The predicted octanol–water partition coefficient (Wildman–Crippen LogP) is 3.65. The van der Waals surface area contributed by atoms with Gasteiger partial charge in [-0.1, -0.05) is 0 Å². The van der Waals surface area contributed by atoms with E-state index in [-0.39, 0.29) is 3.57 Å². The quantitative estimate of drug-likeness (QED) is 0.436. The van der Waals surface area contributed by atoms with Crippen molar-refractivity contribution < 1.29 is 22.4 Å². The number of hydrogen-bond donors (Lipinski definition) is 0. The second-order valence-corrected chi connectivity index (χ2v) is 4.00. The van der Waals surface area contributed by atoms with E-state index >= 15 is 0 Å². The van der Waals surface area contributed by atoms with Gasteiger partial charge < -0.3 is 0 Å². The molecule has 0 amide bonds. The number of rotatable bonds is 1. The molecule has 1 aromatic rings. The molecule has 0 unspecified atom stereocenters. The molecule has 0 heterocycles. The molecule has 0 aliphatic rings. The van der Waals surface area contributed by atoms with Gasteiger partial charge in [-0.2, -0.15) is 13.2 Å². The van der Waals surface area contributed by atoms with E-state index in [0.717, 1.165) is 13.0 Å². The third-order valence-corrected chi connectivity index (χ3v) is 2.65. The molecule has 0 saturated carbocycles. The molecule has 0 bridgehead atoms. The highest BCUT2D eigenvalue weighted by molar-refractivity contribution is 14.1. The van der Waals surface area contributed by atoms with Crippen LogP contribution < -0.4 is 0 Å². The Kier molecular flexibility index (Phi) is 3.37. The molecule has 0 spiro atoms. The van der Waals surface area contributed by atoms with Crippen molar-refractivity contribution >= 4 is 28.4 Å². The second-order valence-electron chi connectivity index (χ2n) is 2.84. The molecular weight excluding hydrogens is 327 g/mol. The molecule has 6 heteroatoms. The lowest BCUT2D eigenvalue weighted by molar-refractivity contribution is -0.140. The fraction of sp³-hybridized carbons (Fsp3) is 0.222. The lowest BCUT2D eigenvalue weighted by atomic mass is 10.1. The van der Waals surface area contributed by atoms with Crippen LogP contribution in [0.5, 0.6) is 0 Å². The van der Waals surface area contributed by atoms with Gasteiger partial charge in [-0.25, -0.2) is 4.39 Å². The van der Waals surface area contributed by atoms with Crippen molar-refractivity contribution in [1.82, 2.24) is 0 Å². The summed E-state index contributed by atoms with van der Waals surface area (Å²) in [5, 5.41) is 0. The third kappa shape index (κ3) is 2.47. The minimum atomic E-state index is -4.78. The lowest BCUT2D eigenvalue weighted by Crippen LogP contribution is -2.12. The van der Waals surface area contributed by atoms with E-state index in [9.17, 15) is 22.4 Å². The summed E-state index contributed by atoms with van der Waals surface area (Å²) in [6.45, 7) is 1.03. The van der Waals surface area contributed by atoms with Crippen molar-refractivity contribution in [3.63, 3.8) is 0 Å². The molecule has 82 valence electrons. The fourth-order valence-electron chi connectivity index (χ4n) is 1.09. The molecule has 15 heavy (non-hydrogen) atoms. The first kappa shape index (κ1) is 12.4.